The number of rotatable bonds is 3. The van der Waals surface area contributed by atoms with Crippen LogP contribution < -0.4 is 5.32 Å². The molecular formula is C12H21N3. The highest BCUT2D eigenvalue weighted by atomic mass is 15.3. The van der Waals surface area contributed by atoms with Gasteiger partial charge in [0.1, 0.15) is 0 Å². The second-order valence-electron chi connectivity index (χ2n) is 4.79. The lowest BCUT2D eigenvalue weighted by Crippen LogP contribution is -2.24. The summed E-state index contributed by atoms with van der Waals surface area (Å²) in [6.07, 6.45) is 3.30. The van der Waals surface area contributed by atoms with Crippen molar-refractivity contribution in [3.63, 3.8) is 0 Å². The summed E-state index contributed by atoms with van der Waals surface area (Å²) < 4.78 is 2.02. The van der Waals surface area contributed by atoms with E-state index in [0.717, 1.165) is 19.6 Å². The van der Waals surface area contributed by atoms with Gasteiger partial charge in [0, 0.05) is 31.7 Å². The van der Waals surface area contributed by atoms with Gasteiger partial charge in [-0.1, -0.05) is 13.8 Å². The van der Waals surface area contributed by atoms with Crippen molar-refractivity contribution in [1.82, 2.24) is 15.1 Å². The van der Waals surface area contributed by atoms with Crippen LogP contribution in [0.4, 0.5) is 0 Å². The zero-order chi connectivity index (χ0) is 10.9. The molecule has 1 aliphatic heterocycles. The Hall–Kier alpha value is -0.830. The first-order chi connectivity index (χ1) is 7.19. The smallest absolute Gasteiger partial charge is 0.0674 e. The molecule has 1 aromatic rings. The highest BCUT2D eigenvalue weighted by molar-refractivity contribution is 5.15. The van der Waals surface area contributed by atoms with Gasteiger partial charge in [0.05, 0.1) is 5.69 Å². The van der Waals surface area contributed by atoms with E-state index in [1.807, 2.05) is 4.68 Å². The number of aromatic nitrogens is 2. The van der Waals surface area contributed by atoms with E-state index in [2.05, 4.69) is 43.4 Å². The van der Waals surface area contributed by atoms with Crippen molar-refractivity contribution in [2.45, 2.75) is 39.7 Å². The second-order valence-corrected chi connectivity index (χ2v) is 4.79. The standard InChI is InChI=1S/C12H21N3/c1-4-12(3)9-13-8-10(12)11-6-7-15(5-2)14-11/h6-7,10,13H,4-5,8-9H2,1-3H3/t10-,12-/m1/s1. The number of hydrogen-bond acceptors (Lipinski definition) is 2. The second kappa shape index (κ2) is 3.97. The lowest BCUT2D eigenvalue weighted by molar-refractivity contribution is 0.303. The van der Waals surface area contributed by atoms with Gasteiger partial charge >= 0.3 is 0 Å². The van der Waals surface area contributed by atoms with E-state index in [-0.39, 0.29) is 0 Å². The van der Waals surface area contributed by atoms with Crippen LogP contribution >= 0.6 is 0 Å². The summed E-state index contributed by atoms with van der Waals surface area (Å²) in [7, 11) is 0. The molecule has 1 N–H and O–H groups in total. The molecule has 0 radical (unpaired) electrons. The van der Waals surface area contributed by atoms with Crippen molar-refractivity contribution in [3.05, 3.63) is 18.0 Å². The van der Waals surface area contributed by atoms with Crippen molar-refractivity contribution in [2.24, 2.45) is 5.41 Å². The fraction of sp³-hybridized carbons (Fsp3) is 0.750. The molecule has 15 heavy (non-hydrogen) atoms. The molecule has 0 bridgehead atoms. The monoisotopic (exact) mass is 207 g/mol. The maximum absolute atomic E-state index is 4.63. The van der Waals surface area contributed by atoms with Crippen molar-refractivity contribution in [3.8, 4) is 0 Å². The predicted octanol–water partition coefficient (Wildman–Crippen LogP) is 2.01. The quantitative estimate of drug-likeness (QED) is 0.821. The summed E-state index contributed by atoms with van der Waals surface area (Å²) in [5.74, 6) is 0.579. The Morgan fingerprint density at radius 2 is 2.40 bits per heavy atom. The van der Waals surface area contributed by atoms with E-state index in [4.69, 9.17) is 0 Å². The van der Waals surface area contributed by atoms with Crippen LogP contribution in [0.1, 0.15) is 38.8 Å². The largest absolute Gasteiger partial charge is 0.315 e. The minimum Gasteiger partial charge on any atom is -0.315 e. The molecule has 3 heteroatoms. The number of hydrogen-bond donors (Lipinski definition) is 1. The summed E-state index contributed by atoms with van der Waals surface area (Å²) >= 11 is 0. The van der Waals surface area contributed by atoms with E-state index >= 15 is 0 Å². The van der Waals surface area contributed by atoms with Gasteiger partial charge in [-0.3, -0.25) is 4.68 Å². The zero-order valence-corrected chi connectivity index (χ0v) is 9.95. The van der Waals surface area contributed by atoms with Crippen LogP contribution in [0, 0.1) is 5.41 Å². The summed E-state index contributed by atoms with van der Waals surface area (Å²) in [4.78, 5) is 0. The van der Waals surface area contributed by atoms with Crippen molar-refractivity contribution < 1.29 is 0 Å². The molecule has 1 aromatic heterocycles. The molecule has 0 unspecified atom stereocenters. The number of aryl methyl sites for hydroxylation is 1. The van der Waals surface area contributed by atoms with Gasteiger partial charge in [0.2, 0.25) is 0 Å². The third-order valence-electron chi connectivity index (χ3n) is 3.87. The van der Waals surface area contributed by atoms with Crippen LogP contribution in [0.25, 0.3) is 0 Å². The van der Waals surface area contributed by atoms with Crippen LogP contribution in [0.5, 0.6) is 0 Å². The Kier molecular flexibility index (Phi) is 2.83. The summed E-state index contributed by atoms with van der Waals surface area (Å²) in [6.45, 7) is 9.92. The van der Waals surface area contributed by atoms with Gasteiger partial charge in [-0.15, -0.1) is 0 Å². The van der Waals surface area contributed by atoms with E-state index in [1.54, 1.807) is 0 Å². The van der Waals surface area contributed by atoms with E-state index < -0.39 is 0 Å². The molecule has 0 aromatic carbocycles. The Morgan fingerprint density at radius 1 is 1.60 bits per heavy atom. The first kappa shape index (κ1) is 10.7. The third kappa shape index (κ3) is 1.81. The van der Waals surface area contributed by atoms with E-state index in [1.165, 1.54) is 12.1 Å². The highest BCUT2D eigenvalue weighted by Gasteiger charge is 2.39. The first-order valence-electron chi connectivity index (χ1n) is 5.93. The Balaban J connectivity index is 2.22. The minimum atomic E-state index is 0.382. The molecule has 0 amide bonds. The Bertz CT molecular complexity index is 331. The van der Waals surface area contributed by atoms with Gasteiger partial charge in [-0.2, -0.15) is 5.10 Å². The molecule has 84 valence electrons. The lowest BCUT2D eigenvalue weighted by atomic mass is 9.76. The van der Waals surface area contributed by atoms with Crippen LogP contribution in [0.2, 0.25) is 0 Å². The first-order valence-corrected chi connectivity index (χ1v) is 5.93. The summed E-state index contributed by atoms with van der Waals surface area (Å²) in [6, 6.07) is 2.18. The van der Waals surface area contributed by atoms with Gasteiger partial charge in [0.25, 0.3) is 0 Å². The Labute approximate surface area is 91.9 Å². The number of nitrogens with zero attached hydrogens (tertiary/aromatic N) is 2. The third-order valence-corrected chi connectivity index (χ3v) is 3.87. The van der Waals surface area contributed by atoms with E-state index in [9.17, 15) is 0 Å². The van der Waals surface area contributed by atoms with Crippen molar-refractivity contribution in [2.75, 3.05) is 13.1 Å². The van der Waals surface area contributed by atoms with Crippen molar-refractivity contribution >= 4 is 0 Å². The molecule has 1 fully saturated rings. The highest BCUT2D eigenvalue weighted by Crippen LogP contribution is 2.40. The lowest BCUT2D eigenvalue weighted by Gasteiger charge is -2.27. The SMILES string of the molecule is CCn1ccc([C@H]2CNC[C@@]2(C)CC)n1. The van der Waals surface area contributed by atoms with E-state index in [0.29, 0.717) is 11.3 Å². The average molecular weight is 207 g/mol. The molecule has 2 atom stereocenters. The molecule has 3 nitrogen and oxygen atoms in total. The molecule has 1 aliphatic rings. The zero-order valence-electron chi connectivity index (χ0n) is 9.95. The van der Waals surface area contributed by atoms with Gasteiger partial charge in [-0.25, -0.2) is 0 Å². The van der Waals surface area contributed by atoms with Gasteiger partial charge in [0.15, 0.2) is 0 Å². The summed E-state index contributed by atoms with van der Waals surface area (Å²) in [5.41, 5.74) is 1.64. The fourth-order valence-corrected chi connectivity index (χ4v) is 2.44. The maximum atomic E-state index is 4.63. The van der Waals surface area contributed by atoms with Crippen molar-refractivity contribution in [1.29, 1.82) is 0 Å². The summed E-state index contributed by atoms with van der Waals surface area (Å²) in [5, 5.41) is 8.12. The average Bonchev–Trinajstić information content (AvgIpc) is 2.84. The predicted molar refractivity (Wildman–Crippen MR) is 61.9 cm³/mol. The molecule has 0 saturated carbocycles. The minimum absolute atomic E-state index is 0.382. The van der Waals surface area contributed by atoms with Crippen LogP contribution in [-0.4, -0.2) is 22.9 Å². The van der Waals surface area contributed by atoms with Crippen LogP contribution in [0.15, 0.2) is 12.3 Å². The Morgan fingerprint density at radius 3 is 3.00 bits per heavy atom. The van der Waals surface area contributed by atoms with Crippen LogP contribution in [0.3, 0.4) is 0 Å². The number of nitrogens with one attached hydrogen (secondary N) is 1. The van der Waals surface area contributed by atoms with Crippen LogP contribution in [-0.2, 0) is 6.54 Å². The topological polar surface area (TPSA) is 29.9 Å². The molecule has 2 heterocycles. The van der Waals surface area contributed by atoms with Gasteiger partial charge in [-0.05, 0) is 24.8 Å². The molecule has 0 spiro atoms. The molecular weight excluding hydrogens is 186 g/mol. The molecule has 0 aliphatic carbocycles. The maximum Gasteiger partial charge on any atom is 0.0674 e. The van der Waals surface area contributed by atoms with Gasteiger partial charge < -0.3 is 5.32 Å². The fourth-order valence-electron chi connectivity index (χ4n) is 2.44. The normalized spacial score (nSPS) is 31.0. The molecule has 1 saturated heterocycles. The molecule has 2 rings (SSSR count).